The lowest BCUT2D eigenvalue weighted by Crippen LogP contribution is -2.32. The summed E-state index contributed by atoms with van der Waals surface area (Å²) >= 11 is 0. The number of nitrogens with zero attached hydrogens (tertiary/aromatic N) is 2. The molecule has 2 fully saturated rings. The summed E-state index contributed by atoms with van der Waals surface area (Å²) in [6, 6.07) is 26.1. The monoisotopic (exact) mass is 442 g/mol. The molecule has 0 aromatic heterocycles. The Balaban J connectivity index is 1.60. The Hall–Kier alpha value is -3.15. The Labute approximate surface area is 195 Å². The average molecular weight is 443 g/mol. The van der Waals surface area contributed by atoms with Gasteiger partial charge in [0.15, 0.2) is 5.78 Å². The molecule has 3 atom stereocenters. The van der Waals surface area contributed by atoms with E-state index < -0.39 is 0 Å². The quantitative estimate of drug-likeness (QED) is 0.464. The van der Waals surface area contributed by atoms with E-state index in [2.05, 4.69) is 34.3 Å². The second kappa shape index (κ2) is 9.38. The van der Waals surface area contributed by atoms with Crippen LogP contribution in [0, 0.1) is 5.92 Å². The molecule has 2 heterocycles. The van der Waals surface area contributed by atoms with Gasteiger partial charge in [0, 0.05) is 18.7 Å². The maximum absolute atomic E-state index is 14.0. The topological polar surface area (TPSA) is 42.0 Å². The zero-order valence-electron chi connectivity index (χ0n) is 19.2. The SMILES string of the molecule is CCOc1ccc([C@H]2[C@H](C(=O)c3ccccc3)[C@@H](c3ccc(OC)cc3)N3CCCN23)cc1. The predicted molar refractivity (Wildman–Crippen MR) is 128 cm³/mol. The van der Waals surface area contributed by atoms with Crippen LogP contribution in [-0.2, 0) is 0 Å². The fraction of sp³-hybridized carbons (Fsp3) is 0.321. The third-order valence-corrected chi connectivity index (χ3v) is 6.78. The molecule has 2 aliphatic rings. The molecular formula is C28H30N2O3. The highest BCUT2D eigenvalue weighted by molar-refractivity contribution is 5.99. The van der Waals surface area contributed by atoms with Crippen LogP contribution in [0.3, 0.4) is 0 Å². The van der Waals surface area contributed by atoms with Crippen molar-refractivity contribution in [2.75, 3.05) is 26.8 Å². The van der Waals surface area contributed by atoms with E-state index in [4.69, 9.17) is 9.47 Å². The zero-order chi connectivity index (χ0) is 22.8. The van der Waals surface area contributed by atoms with Gasteiger partial charge in [-0.1, -0.05) is 54.6 Å². The van der Waals surface area contributed by atoms with Crippen molar-refractivity contribution in [3.8, 4) is 11.5 Å². The molecule has 5 heteroatoms. The highest BCUT2D eigenvalue weighted by atomic mass is 16.5. The van der Waals surface area contributed by atoms with E-state index in [-0.39, 0.29) is 23.8 Å². The van der Waals surface area contributed by atoms with Crippen LogP contribution >= 0.6 is 0 Å². The number of hydrogen-bond donors (Lipinski definition) is 0. The molecule has 3 aromatic rings. The van der Waals surface area contributed by atoms with Crippen LogP contribution in [0.2, 0.25) is 0 Å². The number of methoxy groups -OCH3 is 1. The van der Waals surface area contributed by atoms with Gasteiger partial charge in [-0.05, 0) is 48.7 Å². The molecule has 0 aliphatic carbocycles. The van der Waals surface area contributed by atoms with Gasteiger partial charge in [0.1, 0.15) is 11.5 Å². The fourth-order valence-electron chi connectivity index (χ4n) is 5.36. The lowest BCUT2D eigenvalue weighted by molar-refractivity contribution is 0.0252. The normalized spacial score (nSPS) is 22.8. The lowest BCUT2D eigenvalue weighted by atomic mass is 9.80. The van der Waals surface area contributed by atoms with Crippen molar-refractivity contribution < 1.29 is 14.3 Å². The number of ether oxygens (including phenoxy) is 2. The van der Waals surface area contributed by atoms with Crippen molar-refractivity contribution in [3.05, 3.63) is 95.6 Å². The summed E-state index contributed by atoms with van der Waals surface area (Å²) in [4.78, 5) is 14.0. The summed E-state index contributed by atoms with van der Waals surface area (Å²) in [5, 5.41) is 4.82. The number of ketones is 1. The number of carbonyl (C=O) groups is 1. The first-order valence-electron chi connectivity index (χ1n) is 11.7. The molecule has 3 aromatic carbocycles. The first-order chi connectivity index (χ1) is 16.2. The number of carbonyl (C=O) groups excluding carboxylic acids is 1. The molecule has 170 valence electrons. The third kappa shape index (κ3) is 4.03. The van der Waals surface area contributed by atoms with Crippen molar-refractivity contribution in [2.24, 2.45) is 5.92 Å². The number of Topliss-reactive ketones (excluding diaryl/α,β-unsaturated/α-hetero) is 1. The first kappa shape index (κ1) is 21.7. The minimum absolute atomic E-state index is 0.0250. The molecule has 5 rings (SSSR count). The predicted octanol–water partition coefficient (Wildman–Crippen LogP) is 5.31. The van der Waals surface area contributed by atoms with Crippen molar-refractivity contribution in [2.45, 2.75) is 25.4 Å². The summed E-state index contributed by atoms with van der Waals surface area (Å²) in [6.45, 7) is 4.52. The highest BCUT2D eigenvalue weighted by Crippen LogP contribution is 2.52. The molecule has 0 amide bonds. The van der Waals surface area contributed by atoms with Gasteiger partial charge >= 0.3 is 0 Å². The van der Waals surface area contributed by atoms with Crippen molar-refractivity contribution in [1.29, 1.82) is 0 Å². The Morgan fingerprint density at radius 2 is 1.36 bits per heavy atom. The number of rotatable bonds is 7. The molecule has 5 nitrogen and oxygen atoms in total. The summed E-state index contributed by atoms with van der Waals surface area (Å²) in [5.41, 5.74) is 3.06. The average Bonchev–Trinajstić information content (AvgIpc) is 3.46. The van der Waals surface area contributed by atoms with E-state index in [0.29, 0.717) is 6.61 Å². The molecule has 0 bridgehead atoms. The molecule has 0 unspecified atom stereocenters. The van der Waals surface area contributed by atoms with Gasteiger partial charge in [0.05, 0.1) is 31.7 Å². The lowest BCUT2D eigenvalue weighted by Gasteiger charge is -2.27. The van der Waals surface area contributed by atoms with Gasteiger partial charge in [0.2, 0.25) is 0 Å². The largest absolute Gasteiger partial charge is 0.497 e. The van der Waals surface area contributed by atoms with Crippen molar-refractivity contribution in [1.82, 2.24) is 10.0 Å². The third-order valence-electron chi connectivity index (χ3n) is 6.78. The number of benzene rings is 3. The molecule has 0 radical (unpaired) electrons. The Kier molecular flexibility index (Phi) is 6.16. The van der Waals surface area contributed by atoms with E-state index in [9.17, 15) is 4.79 Å². The summed E-state index contributed by atoms with van der Waals surface area (Å²) in [5.74, 6) is 1.64. The minimum atomic E-state index is -0.223. The van der Waals surface area contributed by atoms with Gasteiger partial charge in [-0.3, -0.25) is 4.79 Å². The van der Waals surface area contributed by atoms with Crippen LogP contribution in [0.5, 0.6) is 11.5 Å². The second-order valence-electron chi connectivity index (χ2n) is 8.60. The summed E-state index contributed by atoms with van der Waals surface area (Å²) < 4.78 is 11.0. The van der Waals surface area contributed by atoms with E-state index in [1.54, 1.807) is 7.11 Å². The first-order valence-corrected chi connectivity index (χ1v) is 11.7. The number of fused-ring (bicyclic) bond motifs is 1. The summed E-state index contributed by atoms with van der Waals surface area (Å²) in [6.07, 6.45) is 1.09. The molecule has 0 saturated carbocycles. The van der Waals surface area contributed by atoms with Gasteiger partial charge in [-0.25, -0.2) is 10.0 Å². The highest BCUT2D eigenvalue weighted by Gasteiger charge is 2.53. The Morgan fingerprint density at radius 1 is 0.818 bits per heavy atom. The Morgan fingerprint density at radius 3 is 1.88 bits per heavy atom. The van der Waals surface area contributed by atoms with E-state index in [1.807, 2.05) is 61.5 Å². The fourth-order valence-corrected chi connectivity index (χ4v) is 5.36. The van der Waals surface area contributed by atoms with Crippen LogP contribution in [0.4, 0.5) is 0 Å². The second-order valence-corrected chi connectivity index (χ2v) is 8.60. The smallest absolute Gasteiger partial charge is 0.169 e. The van der Waals surface area contributed by atoms with Crippen LogP contribution in [0.25, 0.3) is 0 Å². The van der Waals surface area contributed by atoms with E-state index in [0.717, 1.165) is 47.7 Å². The molecule has 33 heavy (non-hydrogen) atoms. The van der Waals surface area contributed by atoms with Crippen molar-refractivity contribution >= 4 is 5.78 Å². The van der Waals surface area contributed by atoms with Crippen molar-refractivity contribution in [3.63, 3.8) is 0 Å². The van der Waals surface area contributed by atoms with E-state index in [1.165, 1.54) is 0 Å². The van der Waals surface area contributed by atoms with Gasteiger partial charge in [-0.15, -0.1) is 0 Å². The maximum Gasteiger partial charge on any atom is 0.169 e. The number of hydrogen-bond acceptors (Lipinski definition) is 5. The summed E-state index contributed by atoms with van der Waals surface area (Å²) in [7, 11) is 1.68. The molecule has 0 spiro atoms. The minimum Gasteiger partial charge on any atom is -0.497 e. The van der Waals surface area contributed by atoms with Crippen LogP contribution in [0.1, 0.15) is 46.9 Å². The zero-order valence-corrected chi connectivity index (χ0v) is 19.2. The standard InChI is InChI=1S/C28H30N2O3/c1-3-33-24-16-12-21(13-17-24)27-25(28(31)22-8-5-4-6-9-22)26(29-18-7-19-30(27)29)20-10-14-23(32-2)15-11-20/h4-6,8-17,25-27H,3,7,18-19H2,1-2H3/t25-,26-,27+/m1/s1. The van der Waals surface area contributed by atoms with Gasteiger partial charge in [0.25, 0.3) is 0 Å². The van der Waals surface area contributed by atoms with Crippen LogP contribution < -0.4 is 9.47 Å². The molecular weight excluding hydrogens is 412 g/mol. The number of hydrazine groups is 1. The van der Waals surface area contributed by atoms with Crippen LogP contribution in [-0.4, -0.2) is 42.6 Å². The van der Waals surface area contributed by atoms with Gasteiger partial charge in [-0.2, -0.15) is 0 Å². The van der Waals surface area contributed by atoms with Gasteiger partial charge < -0.3 is 9.47 Å². The maximum atomic E-state index is 14.0. The molecule has 2 aliphatic heterocycles. The van der Waals surface area contributed by atoms with E-state index >= 15 is 0 Å². The Bertz CT molecular complexity index is 1080. The molecule has 2 saturated heterocycles. The molecule has 0 N–H and O–H groups in total. The van der Waals surface area contributed by atoms with Crippen LogP contribution in [0.15, 0.2) is 78.9 Å².